The van der Waals surface area contributed by atoms with Gasteiger partial charge < -0.3 is 10.5 Å². The van der Waals surface area contributed by atoms with Crippen LogP contribution in [0.3, 0.4) is 0 Å². The molecule has 118 valence electrons. The molecular weight excluding hydrogens is 264 g/mol. The van der Waals surface area contributed by atoms with Crippen molar-refractivity contribution in [3.8, 4) is 0 Å². The molecule has 0 saturated carbocycles. The van der Waals surface area contributed by atoms with Crippen molar-refractivity contribution in [3.63, 3.8) is 0 Å². The number of carbonyl (C=O) groups excluding carboxylic acids is 1. The molecule has 1 rings (SSSR count). The van der Waals surface area contributed by atoms with Crippen LogP contribution in [-0.2, 0) is 4.74 Å². The summed E-state index contributed by atoms with van der Waals surface area (Å²) in [5, 5.41) is 2.80. The minimum atomic E-state index is -0.405. The second kappa shape index (κ2) is 7.91. The molecule has 3 N–H and O–H groups in total. The molecule has 4 heteroatoms. The zero-order valence-electron chi connectivity index (χ0n) is 13.8. The Morgan fingerprint density at radius 2 is 1.71 bits per heavy atom. The summed E-state index contributed by atoms with van der Waals surface area (Å²) in [6.07, 6.45) is 1.48. The molecule has 1 aromatic rings. The van der Waals surface area contributed by atoms with Crippen LogP contribution in [-0.4, -0.2) is 12.7 Å². The van der Waals surface area contributed by atoms with Gasteiger partial charge in [0.2, 0.25) is 0 Å². The average molecular weight is 292 g/mol. The largest absolute Gasteiger partial charge is 0.449 e. The van der Waals surface area contributed by atoms with Crippen LogP contribution in [0.15, 0.2) is 12.1 Å². The van der Waals surface area contributed by atoms with Gasteiger partial charge in [-0.25, -0.2) is 4.79 Å². The predicted molar refractivity (Wildman–Crippen MR) is 88.9 cm³/mol. The monoisotopic (exact) mass is 292 g/mol. The molecule has 0 spiro atoms. The van der Waals surface area contributed by atoms with Gasteiger partial charge in [0.1, 0.15) is 0 Å². The highest BCUT2D eigenvalue weighted by atomic mass is 16.5. The molecule has 0 aliphatic rings. The highest BCUT2D eigenvalue weighted by molar-refractivity contribution is 5.85. The van der Waals surface area contributed by atoms with Crippen molar-refractivity contribution in [1.29, 1.82) is 0 Å². The number of anilines is 2. The van der Waals surface area contributed by atoms with Crippen LogP contribution >= 0.6 is 0 Å². The fourth-order valence-electron chi connectivity index (χ4n) is 2.19. The smallest absolute Gasteiger partial charge is 0.411 e. The summed E-state index contributed by atoms with van der Waals surface area (Å²) in [4.78, 5) is 11.8. The highest BCUT2D eigenvalue weighted by Gasteiger charge is 2.14. The Morgan fingerprint density at radius 1 is 1.19 bits per heavy atom. The second-order valence-electron chi connectivity index (χ2n) is 5.99. The summed E-state index contributed by atoms with van der Waals surface area (Å²) >= 11 is 0. The first kappa shape index (κ1) is 17.3. The Labute approximate surface area is 128 Å². The molecule has 4 nitrogen and oxygen atoms in total. The molecule has 0 aliphatic heterocycles. The summed E-state index contributed by atoms with van der Waals surface area (Å²) in [6.45, 7) is 10.9. The average Bonchev–Trinajstić information content (AvgIpc) is 2.40. The molecule has 1 aromatic carbocycles. The van der Waals surface area contributed by atoms with Gasteiger partial charge in [0.25, 0.3) is 0 Å². The number of amides is 1. The first-order chi connectivity index (χ1) is 9.86. The van der Waals surface area contributed by atoms with Gasteiger partial charge in [-0.2, -0.15) is 0 Å². The van der Waals surface area contributed by atoms with E-state index >= 15 is 0 Å². The number of unbranched alkanes of at least 4 members (excludes halogenated alkanes) is 1. The second-order valence-corrected chi connectivity index (χ2v) is 5.99. The Hall–Kier alpha value is -1.71. The van der Waals surface area contributed by atoms with Crippen molar-refractivity contribution in [3.05, 3.63) is 23.3 Å². The lowest BCUT2D eigenvalue weighted by Gasteiger charge is -2.19. The fourth-order valence-corrected chi connectivity index (χ4v) is 2.19. The number of nitrogen functional groups attached to an aromatic ring is 1. The van der Waals surface area contributed by atoms with E-state index in [1.807, 2.05) is 12.1 Å². The maximum atomic E-state index is 11.8. The Kier molecular flexibility index (Phi) is 6.53. The van der Waals surface area contributed by atoms with Gasteiger partial charge in [-0.15, -0.1) is 0 Å². The number of rotatable bonds is 6. The Balaban J connectivity index is 2.94. The van der Waals surface area contributed by atoms with Gasteiger partial charge in [-0.3, -0.25) is 5.32 Å². The number of carbonyl (C=O) groups is 1. The van der Waals surface area contributed by atoms with Crippen LogP contribution < -0.4 is 11.1 Å². The number of ether oxygens (including phenoxy) is 1. The summed E-state index contributed by atoms with van der Waals surface area (Å²) in [7, 11) is 0. The van der Waals surface area contributed by atoms with E-state index in [4.69, 9.17) is 10.5 Å². The number of benzene rings is 1. The van der Waals surface area contributed by atoms with Crippen LogP contribution in [0.2, 0.25) is 0 Å². The standard InChI is InChI=1S/C17H28N2O2/c1-6-7-8-21-17(20)19-13-9-14(11(2)3)16(18)15(10-13)12(4)5/h9-12H,6-8,18H2,1-5H3,(H,19,20). The van der Waals surface area contributed by atoms with Crippen molar-refractivity contribution < 1.29 is 9.53 Å². The number of hydrogen-bond acceptors (Lipinski definition) is 3. The van der Waals surface area contributed by atoms with E-state index in [1.54, 1.807) is 0 Å². The van der Waals surface area contributed by atoms with Crippen molar-refractivity contribution in [2.24, 2.45) is 0 Å². The molecule has 0 saturated heterocycles. The van der Waals surface area contributed by atoms with Gasteiger partial charge in [-0.1, -0.05) is 41.0 Å². The van der Waals surface area contributed by atoms with Crippen molar-refractivity contribution in [1.82, 2.24) is 0 Å². The topological polar surface area (TPSA) is 64.3 Å². The molecule has 0 atom stereocenters. The molecule has 0 aromatic heterocycles. The SMILES string of the molecule is CCCCOC(=O)Nc1cc(C(C)C)c(N)c(C(C)C)c1. The number of nitrogens with two attached hydrogens (primary N) is 1. The normalized spacial score (nSPS) is 11.0. The van der Waals surface area contributed by atoms with E-state index in [1.165, 1.54) is 0 Å². The molecule has 0 radical (unpaired) electrons. The fraction of sp³-hybridized carbons (Fsp3) is 0.588. The van der Waals surface area contributed by atoms with Crippen LogP contribution in [0.5, 0.6) is 0 Å². The Morgan fingerprint density at radius 3 is 2.14 bits per heavy atom. The Bertz CT molecular complexity index is 453. The van der Waals surface area contributed by atoms with Crippen molar-refractivity contribution >= 4 is 17.5 Å². The maximum absolute atomic E-state index is 11.8. The van der Waals surface area contributed by atoms with E-state index in [9.17, 15) is 4.79 Å². The molecule has 0 unspecified atom stereocenters. The number of nitrogens with one attached hydrogen (secondary N) is 1. The third-order valence-electron chi connectivity index (χ3n) is 3.47. The van der Waals surface area contributed by atoms with Gasteiger partial charge in [0.15, 0.2) is 0 Å². The molecule has 1 amide bonds. The number of hydrogen-bond donors (Lipinski definition) is 2. The molecule has 0 bridgehead atoms. The first-order valence-electron chi connectivity index (χ1n) is 7.73. The lowest BCUT2D eigenvalue weighted by molar-refractivity contribution is 0.160. The van der Waals surface area contributed by atoms with Crippen LogP contribution in [0.1, 0.15) is 70.4 Å². The summed E-state index contributed by atoms with van der Waals surface area (Å²) in [5.41, 5.74) is 9.93. The summed E-state index contributed by atoms with van der Waals surface area (Å²) in [5.74, 6) is 0.612. The molecular formula is C17H28N2O2. The van der Waals surface area contributed by atoms with Crippen molar-refractivity contribution in [2.45, 2.75) is 59.3 Å². The highest BCUT2D eigenvalue weighted by Crippen LogP contribution is 2.33. The molecule has 0 fully saturated rings. The third-order valence-corrected chi connectivity index (χ3v) is 3.47. The van der Waals surface area contributed by atoms with Gasteiger partial charge in [-0.05, 0) is 41.5 Å². The van der Waals surface area contributed by atoms with Gasteiger partial charge >= 0.3 is 6.09 Å². The van der Waals surface area contributed by atoms with Crippen LogP contribution in [0.25, 0.3) is 0 Å². The minimum absolute atomic E-state index is 0.306. The molecule has 0 aliphatic carbocycles. The van der Waals surface area contributed by atoms with Crippen LogP contribution in [0.4, 0.5) is 16.2 Å². The summed E-state index contributed by atoms with van der Waals surface area (Å²) in [6, 6.07) is 3.87. The quantitative estimate of drug-likeness (QED) is 0.581. The molecule has 21 heavy (non-hydrogen) atoms. The third kappa shape index (κ3) is 4.96. The zero-order valence-corrected chi connectivity index (χ0v) is 13.8. The van der Waals surface area contributed by atoms with Gasteiger partial charge in [0, 0.05) is 11.4 Å². The van der Waals surface area contributed by atoms with E-state index in [0.717, 1.165) is 35.3 Å². The summed E-state index contributed by atoms with van der Waals surface area (Å²) < 4.78 is 5.14. The van der Waals surface area contributed by atoms with Gasteiger partial charge in [0.05, 0.1) is 6.61 Å². The molecule has 0 heterocycles. The lowest BCUT2D eigenvalue weighted by Crippen LogP contribution is -2.15. The minimum Gasteiger partial charge on any atom is -0.449 e. The van der Waals surface area contributed by atoms with Crippen molar-refractivity contribution in [2.75, 3.05) is 17.7 Å². The predicted octanol–water partition coefficient (Wildman–Crippen LogP) is 4.86. The zero-order chi connectivity index (χ0) is 16.0. The van der Waals surface area contributed by atoms with E-state index in [0.29, 0.717) is 18.4 Å². The lowest BCUT2D eigenvalue weighted by atomic mass is 9.92. The van der Waals surface area contributed by atoms with E-state index in [-0.39, 0.29) is 0 Å². The maximum Gasteiger partial charge on any atom is 0.411 e. The first-order valence-corrected chi connectivity index (χ1v) is 7.73. The van der Waals surface area contributed by atoms with E-state index < -0.39 is 6.09 Å². The van der Waals surface area contributed by atoms with Crippen LogP contribution in [0, 0.1) is 0 Å². The van der Waals surface area contributed by atoms with E-state index in [2.05, 4.69) is 39.9 Å².